The number of aromatic nitrogens is 2. The summed E-state index contributed by atoms with van der Waals surface area (Å²) in [5, 5.41) is 4.22. The van der Waals surface area contributed by atoms with Crippen LogP contribution < -0.4 is 10.6 Å². The molecule has 1 saturated heterocycles. The molecule has 5 nitrogen and oxygen atoms in total. The van der Waals surface area contributed by atoms with Crippen LogP contribution in [0.1, 0.15) is 16.7 Å². The molecule has 0 saturated carbocycles. The van der Waals surface area contributed by atoms with E-state index in [0.717, 1.165) is 44.1 Å². The Morgan fingerprint density at radius 2 is 1.86 bits per heavy atom. The fourth-order valence-electron chi connectivity index (χ4n) is 3.08. The minimum absolute atomic E-state index is 0.775. The highest BCUT2D eigenvalue weighted by Crippen LogP contribution is 2.24. The van der Waals surface area contributed by atoms with Gasteiger partial charge in [-0.1, -0.05) is 12.1 Å². The Labute approximate surface area is 132 Å². The van der Waals surface area contributed by atoms with Crippen molar-refractivity contribution in [2.75, 3.05) is 36.8 Å². The summed E-state index contributed by atoms with van der Waals surface area (Å²) in [6.45, 7) is 9.52. The van der Waals surface area contributed by atoms with Gasteiger partial charge in [-0.3, -0.25) is 9.58 Å². The summed E-state index contributed by atoms with van der Waals surface area (Å²) in [6, 6.07) is 6.57. The molecule has 118 valence electrons. The molecule has 1 aliphatic heterocycles. The molecule has 0 amide bonds. The van der Waals surface area contributed by atoms with Gasteiger partial charge >= 0.3 is 0 Å². The highest BCUT2D eigenvalue weighted by atomic mass is 15.3. The van der Waals surface area contributed by atoms with Crippen LogP contribution in [0.4, 0.5) is 11.5 Å². The maximum absolute atomic E-state index is 6.04. The molecule has 1 aliphatic rings. The molecule has 1 fully saturated rings. The summed E-state index contributed by atoms with van der Waals surface area (Å²) in [5.41, 5.74) is 11.3. The van der Waals surface area contributed by atoms with Crippen molar-refractivity contribution in [2.45, 2.75) is 20.4 Å². The van der Waals surface area contributed by atoms with Gasteiger partial charge in [0.15, 0.2) is 0 Å². The quantitative estimate of drug-likeness (QED) is 0.941. The predicted molar refractivity (Wildman–Crippen MR) is 91.0 cm³/mol. The molecule has 0 radical (unpaired) electrons. The monoisotopic (exact) mass is 299 g/mol. The average Bonchev–Trinajstić information content (AvgIpc) is 2.83. The summed E-state index contributed by atoms with van der Waals surface area (Å²) in [4.78, 5) is 4.94. The van der Waals surface area contributed by atoms with E-state index in [-0.39, 0.29) is 0 Å². The smallest absolute Gasteiger partial charge is 0.125 e. The van der Waals surface area contributed by atoms with Crippen LogP contribution in [-0.2, 0) is 13.6 Å². The molecule has 0 atom stereocenters. The van der Waals surface area contributed by atoms with Crippen LogP contribution in [0.25, 0.3) is 0 Å². The first-order valence-corrected chi connectivity index (χ1v) is 7.86. The Morgan fingerprint density at radius 3 is 2.50 bits per heavy atom. The number of nitrogen functional groups attached to an aromatic ring is 1. The van der Waals surface area contributed by atoms with Crippen molar-refractivity contribution in [3.8, 4) is 0 Å². The fraction of sp³-hybridized carbons (Fsp3) is 0.471. The van der Waals surface area contributed by atoms with Crippen LogP contribution in [-0.4, -0.2) is 40.9 Å². The van der Waals surface area contributed by atoms with E-state index in [2.05, 4.69) is 46.9 Å². The third kappa shape index (κ3) is 2.81. The maximum atomic E-state index is 6.04. The Bertz CT molecular complexity index is 653. The van der Waals surface area contributed by atoms with Crippen LogP contribution >= 0.6 is 0 Å². The second kappa shape index (κ2) is 6.01. The molecular weight excluding hydrogens is 274 g/mol. The largest absolute Gasteiger partial charge is 0.384 e. The lowest BCUT2D eigenvalue weighted by molar-refractivity contribution is 0.250. The van der Waals surface area contributed by atoms with E-state index in [1.807, 2.05) is 13.2 Å². The van der Waals surface area contributed by atoms with E-state index in [9.17, 15) is 0 Å². The SMILES string of the molecule is Cc1cccc(N2CCN(Cc3cnn(C)c3N)CC2)c1C. The Balaban J connectivity index is 1.63. The maximum Gasteiger partial charge on any atom is 0.125 e. The van der Waals surface area contributed by atoms with E-state index in [0.29, 0.717) is 0 Å². The van der Waals surface area contributed by atoms with Crippen molar-refractivity contribution >= 4 is 11.5 Å². The minimum atomic E-state index is 0.775. The number of piperazine rings is 1. The van der Waals surface area contributed by atoms with Crippen LogP contribution in [0.5, 0.6) is 0 Å². The number of hydrogen-bond acceptors (Lipinski definition) is 4. The summed E-state index contributed by atoms with van der Waals surface area (Å²) < 4.78 is 1.74. The third-order valence-corrected chi connectivity index (χ3v) is 4.75. The first-order valence-electron chi connectivity index (χ1n) is 7.86. The standard InChI is InChI=1S/C17H25N5/c1-13-5-4-6-16(14(13)2)22-9-7-21(8-10-22)12-15-11-19-20(3)17(15)18/h4-6,11H,7-10,12,18H2,1-3H3. The van der Waals surface area contributed by atoms with Gasteiger partial charge in [-0.15, -0.1) is 0 Å². The van der Waals surface area contributed by atoms with Gasteiger partial charge in [0.25, 0.3) is 0 Å². The molecule has 1 aromatic heterocycles. The molecule has 22 heavy (non-hydrogen) atoms. The van der Waals surface area contributed by atoms with Crippen molar-refractivity contribution in [1.82, 2.24) is 14.7 Å². The number of nitrogens with two attached hydrogens (primary N) is 1. The average molecular weight is 299 g/mol. The first-order chi connectivity index (χ1) is 10.6. The van der Waals surface area contributed by atoms with Gasteiger partial charge < -0.3 is 10.6 Å². The molecule has 3 rings (SSSR count). The van der Waals surface area contributed by atoms with Gasteiger partial charge in [0.1, 0.15) is 5.82 Å². The van der Waals surface area contributed by atoms with Crippen molar-refractivity contribution in [3.05, 3.63) is 41.1 Å². The van der Waals surface area contributed by atoms with Gasteiger partial charge in [0.2, 0.25) is 0 Å². The number of benzene rings is 1. The molecular formula is C17H25N5. The zero-order valence-corrected chi connectivity index (χ0v) is 13.7. The lowest BCUT2D eigenvalue weighted by Crippen LogP contribution is -2.46. The molecule has 1 aromatic carbocycles. The van der Waals surface area contributed by atoms with Gasteiger partial charge in [0.05, 0.1) is 6.20 Å². The molecule has 0 spiro atoms. The minimum Gasteiger partial charge on any atom is -0.384 e. The number of nitrogens with zero attached hydrogens (tertiary/aromatic N) is 4. The van der Waals surface area contributed by atoms with Crippen molar-refractivity contribution in [1.29, 1.82) is 0 Å². The van der Waals surface area contributed by atoms with Crippen LogP contribution in [0, 0.1) is 13.8 Å². The van der Waals surface area contributed by atoms with Gasteiger partial charge in [-0.2, -0.15) is 5.10 Å². The van der Waals surface area contributed by atoms with E-state index < -0.39 is 0 Å². The van der Waals surface area contributed by atoms with E-state index in [1.54, 1.807) is 4.68 Å². The Kier molecular flexibility index (Phi) is 4.07. The van der Waals surface area contributed by atoms with Crippen LogP contribution in [0.3, 0.4) is 0 Å². The predicted octanol–water partition coefficient (Wildman–Crippen LogP) is 1.94. The van der Waals surface area contributed by atoms with Crippen LogP contribution in [0.15, 0.2) is 24.4 Å². The second-order valence-electron chi connectivity index (χ2n) is 6.16. The summed E-state index contributed by atoms with van der Waals surface area (Å²) >= 11 is 0. The Hall–Kier alpha value is -2.01. The number of anilines is 2. The lowest BCUT2D eigenvalue weighted by Gasteiger charge is -2.37. The summed E-state index contributed by atoms with van der Waals surface area (Å²) in [6.07, 6.45) is 1.88. The van der Waals surface area contributed by atoms with Crippen molar-refractivity contribution in [2.24, 2.45) is 7.05 Å². The summed E-state index contributed by atoms with van der Waals surface area (Å²) in [5.74, 6) is 0.775. The number of aryl methyl sites for hydroxylation is 2. The van der Waals surface area contributed by atoms with Gasteiger partial charge in [-0.25, -0.2) is 0 Å². The topological polar surface area (TPSA) is 50.3 Å². The normalized spacial score (nSPS) is 16.2. The molecule has 5 heteroatoms. The number of hydrogen-bond donors (Lipinski definition) is 1. The molecule has 0 unspecified atom stereocenters. The molecule has 2 N–H and O–H groups in total. The van der Waals surface area contributed by atoms with Crippen LogP contribution in [0.2, 0.25) is 0 Å². The fourth-order valence-corrected chi connectivity index (χ4v) is 3.08. The van der Waals surface area contributed by atoms with E-state index >= 15 is 0 Å². The second-order valence-corrected chi connectivity index (χ2v) is 6.16. The highest BCUT2D eigenvalue weighted by molar-refractivity contribution is 5.56. The van der Waals surface area contributed by atoms with E-state index in [4.69, 9.17) is 5.73 Å². The van der Waals surface area contributed by atoms with Gasteiger partial charge in [-0.05, 0) is 31.0 Å². The highest BCUT2D eigenvalue weighted by Gasteiger charge is 2.20. The molecule has 2 heterocycles. The zero-order valence-electron chi connectivity index (χ0n) is 13.7. The third-order valence-electron chi connectivity index (χ3n) is 4.75. The number of rotatable bonds is 3. The lowest BCUT2D eigenvalue weighted by atomic mass is 10.1. The first kappa shape index (κ1) is 14.9. The summed E-state index contributed by atoms with van der Waals surface area (Å²) in [7, 11) is 1.89. The van der Waals surface area contributed by atoms with E-state index in [1.165, 1.54) is 16.8 Å². The zero-order chi connectivity index (χ0) is 15.7. The molecule has 0 aliphatic carbocycles. The van der Waals surface area contributed by atoms with Crippen molar-refractivity contribution in [3.63, 3.8) is 0 Å². The Morgan fingerprint density at radius 1 is 1.14 bits per heavy atom. The molecule has 0 bridgehead atoms. The molecule has 2 aromatic rings. The van der Waals surface area contributed by atoms with Crippen molar-refractivity contribution < 1.29 is 0 Å². The van der Waals surface area contributed by atoms with Gasteiger partial charge in [0, 0.05) is 51.0 Å².